The van der Waals surface area contributed by atoms with Gasteiger partial charge in [0.1, 0.15) is 5.82 Å². The Morgan fingerprint density at radius 2 is 1.95 bits per heavy atom. The molecule has 0 radical (unpaired) electrons. The maximum atomic E-state index is 13.2. The van der Waals surface area contributed by atoms with Crippen LogP contribution in [0.25, 0.3) is 0 Å². The zero-order valence-electron chi connectivity index (χ0n) is 12.1. The fourth-order valence-corrected chi connectivity index (χ4v) is 2.25. The molecule has 0 aliphatic carbocycles. The molecule has 2 N–H and O–H groups in total. The number of halogens is 1. The van der Waals surface area contributed by atoms with Gasteiger partial charge in [-0.3, -0.25) is 4.79 Å². The highest BCUT2D eigenvalue weighted by molar-refractivity contribution is 5.97. The Morgan fingerprint density at radius 1 is 1.19 bits per heavy atom. The summed E-state index contributed by atoms with van der Waals surface area (Å²) in [5.41, 5.74) is 7.89. The summed E-state index contributed by atoms with van der Waals surface area (Å²) in [4.78, 5) is 14.2. The minimum Gasteiger partial charge on any atom is -0.397 e. The molecule has 0 spiro atoms. The number of carbonyl (C=O) groups excluding carboxylic acids is 1. The van der Waals surface area contributed by atoms with Gasteiger partial charge in [0.2, 0.25) is 5.91 Å². The second-order valence-corrected chi connectivity index (χ2v) is 4.91. The fourth-order valence-electron chi connectivity index (χ4n) is 2.25. The van der Waals surface area contributed by atoms with Gasteiger partial charge >= 0.3 is 0 Å². The topological polar surface area (TPSA) is 46.3 Å². The van der Waals surface area contributed by atoms with Crippen LogP contribution in [0.15, 0.2) is 48.5 Å². The van der Waals surface area contributed by atoms with Crippen molar-refractivity contribution in [3.63, 3.8) is 0 Å². The van der Waals surface area contributed by atoms with Crippen molar-refractivity contribution in [2.75, 3.05) is 17.2 Å². The molecule has 0 aliphatic heterocycles. The third-order valence-corrected chi connectivity index (χ3v) is 3.22. The van der Waals surface area contributed by atoms with Crippen LogP contribution >= 0.6 is 0 Å². The lowest BCUT2D eigenvalue weighted by atomic mass is 10.1. The molecule has 110 valence electrons. The third-order valence-electron chi connectivity index (χ3n) is 3.22. The summed E-state index contributed by atoms with van der Waals surface area (Å²) >= 11 is 0. The standard InChI is InChI=1S/C17H19FN2O/c1-2-10-20(16-9-4-3-8-15(16)19)17(21)12-13-6-5-7-14(18)11-13/h3-9,11H,2,10,12,19H2,1H3. The van der Waals surface area contributed by atoms with Crippen LogP contribution < -0.4 is 10.6 Å². The molecule has 4 heteroatoms. The van der Waals surface area contributed by atoms with Crippen molar-refractivity contribution in [3.05, 3.63) is 59.9 Å². The molecule has 0 fully saturated rings. The predicted molar refractivity (Wildman–Crippen MR) is 83.6 cm³/mol. The van der Waals surface area contributed by atoms with Crippen LogP contribution in [0.5, 0.6) is 0 Å². The van der Waals surface area contributed by atoms with Gasteiger partial charge in [0.25, 0.3) is 0 Å². The van der Waals surface area contributed by atoms with E-state index in [-0.39, 0.29) is 18.1 Å². The molecule has 0 atom stereocenters. The van der Waals surface area contributed by atoms with Crippen LogP contribution in [0.1, 0.15) is 18.9 Å². The van der Waals surface area contributed by atoms with E-state index >= 15 is 0 Å². The molecule has 1 amide bonds. The monoisotopic (exact) mass is 286 g/mol. The molecule has 0 aliphatic rings. The number of rotatable bonds is 5. The molecule has 0 heterocycles. The summed E-state index contributed by atoms with van der Waals surface area (Å²) in [6.07, 6.45) is 0.981. The van der Waals surface area contributed by atoms with Crippen LogP contribution in [0.3, 0.4) is 0 Å². The summed E-state index contributed by atoms with van der Waals surface area (Å²) in [5, 5.41) is 0. The summed E-state index contributed by atoms with van der Waals surface area (Å²) in [7, 11) is 0. The van der Waals surface area contributed by atoms with E-state index < -0.39 is 0 Å². The maximum absolute atomic E-state index is 13.2. The zero-order chi connectivity index (χ0) is 15.2. The Morgan fingerprint density at radius 3 is 2.62 bits per heavy atom. The number of nitrogens with two attached hydrogens (primary N) is 1. The molecular weight excluding hydrogens is 267 g/mol. The summed E-state index contributed by atoms with van der Waals surface area (Å²) in [6, 6.07) is 13.4. The first-order valence-electron chi connectivity index (χ1n) is 7.01. The van der Waals surface area contributed by atoms with E-state index in [1.165, 1.54) is 12.1 Å². The van der Waals surface area contributed by atoms with Gasteiger partial charge < -0.3 is 10.6 Å². The van der Waals surface area contributed by atoms with Crippen molar-refractivity contribution in [2.24, 2.45) is 0 Å². The molecule has 0 unspecified atom stereocenters. The molecule has 2 rings (SSSR count). The molecule has 21 heavy (non-hydrogen) atoms. The van der Waals surface area contributed by atoms with E-state index in [4.69, 9.17) is 5.73 Å². The van der Waals surface area contributed by atoms with Crippen LogP contribution in [-0.2, 0) is 11.2 Å². The van der Waals surface area contributed by atoms with Gasteiger partial charge in [0.05, 0.1) is 17.8 Å². The van der Waals surface area contributed by atoms with Crippen LogP contribution in [0.4, 0.5) is 15.8 Å². The number of carbonyl (C=O) groups is 1. The predicted octanol–water partition coefficient (Wildman–Crippen LogP) is 3.39. The van der Waals surface area contributed by atoms with Gasteiger partial charge in [0, 0.05) is 6.54 Å². The Balaban J connectivity index is 2.22. The normalized spacial score (nSPS) is 10.4. The van der Waals surface area contributed by atoms with Gasteiger partial charge in [0.15, 0.2) is 0 Å². The number of amides is 1. The number of nitrogen functional groups attached to an aromatic ring is 1. The number of anilines is 2. The first-order valence-corrected chi connectivity index (χ1v) is 7.01. The van der Waals surface area contributed by atoms with Crippen molar-refractivity contribution in [2.45, 2.75) is 19.8 Å². The smallest absolute Gasteiger partial charge is 0.231 e. The lowest BCUT2D eigenvalue weighted by molar-refractivity contribution is -0.118. The average Bonchev–Trinajstić information content (AvgIpc) is 2.45. The van der Waals surface area contributed by atoms with Gasteiger partial charge in [-0.1, -0.05) is 31.2 Å². The Labute approximate surface area is 124 Å². The Kier molecular flexibility index (Phi) is 4.93. The molecule has 0 bridgehead atoms. The number of para-hydroxylation sites is 2. The number of hydrogen-bond acceptors (Lipinski definition) is 2. The van der Waals surface area contributed by atoms with Crippen molar-refractivity contribution in [3.8, 4) is 0 Å². The SMILES string of the molecule is CCCN(C(=O)Cc1cccc(F)c1)c1ccccc1N. The number of nitrogens with zero attached hydrogens (tertiary/aromatic N) is 1. The fraction of sp³-hybridized carbons (Fsp3) is 0.235. The van der Waals surface area contributed by atoms with E-state index in [2.05, 4.69) is 0 Å². The molecule has 2 aromatic carbocycles. The highest BCUT2D eigenvalue weighted by atomic mass is 19.1. The molecule has 3 nitrogen and oxygen atoms in total. The highest BCUT2D eigenvalue weighted by Gasteiger charge is 2.17. The second-order valence-electron chi connectivity index (χ2n) is 4.91. The first kappa shape index (κ1) is 15.0. The Bertz CT molecular complexity index is 628. The van der Waals surface area contributed by atoms with Gasteiger partial charge in [-0.05, 0) is 36.2 Å². The highest BCUT2D eigenvalue weighted by Crippen LogP contribution is 2.23. The quantitative estimate of drug-likeness (QED) is 0.856. The van der Waals surface area contributed by atoms with Crippen molar-refractivity contribution in [1.29, 1.82) is 0 Å². The van der Waals surface area contributed by atoms with Gasteiger partial charge in [-0.15, -0.1) is 0 Å². The minimum atomic E-state index is -0.332. The van der Waals surface area contributed by atoms with E-state index in [1.807, 2.05) is 25.1 Å². The molecule has 0 saturated carbocycles. The van der Waals surface area contributed by atoms with Crippen molar-refractivity contribution >= 4 is 17.3 Å². The lowest BCUT2D eigenvalue weighted by Crippen LogP contribution is -2.33. The van der Waals surface area contributed by atoms with E-state index in [0.29, 0.717) is 23.5 Å². The third kappa shape index (κ3) is 3.81. The molecule has 0 saturated heterocycles. The van der Waals surface area contributed by atoms with Crippen LogP contribution in [-0.4, -0.2) is 12.5 Å². The first-order chi connectivity index (χ1) is 10.1. The second kappa shape index (κ2) is 6.88. The van der Waals surface area contributed by atoms with Crippen molar-refractivity contribution in [1.82, 2.24) is 0 Å². The molecule has 2 aromatic rings. The number of benzene rings is 2. The van der Waals surface area contributed by atoms with Crippen LogP contribution in [0.2, 0.25) is 0 Å². The van der Waals surface area contributed by atoms with E-state index in [0.717, 1.165) is 6.42 Å². The summed E-state index contributed by atoms with van der Waals surface area (Å²) in [5.74, 6) is -0.415. The van der Waals surface area contributed by atoms with Gasteiger partial charge in [-0.2, -0.15) is 0 Å². The van der Waals surface area contributed by atoms with Crippen LogP contribution in [0, 0.1) is 5.82 Å². The molecule has 0 aromatic heterocycles. The minimum absolute atomic E-state index is 0.0830. The van der Waals surface area contributed by atoms with E-state index in [1.54, 1.807) is 23.1 Å². The average molecular weight is 286 g/mol. The molecular formula is C17H19FN2O. The number of hydrogen-bond donors (Lipinski definition) is 1. The van der Waals surface area contributed by atoms with Gasteiger partial charge in [-0.25, -0.2) is 4.39 Å². The largest absolute Gasteiger partial charge is 0.397 e. The summed E-state index contributed by atoms with van der Waals surface area (Å²) in [6.45, 7) is 2.59. The van der Waals surface area contributed by atoms with E-state index in [9.17, 15) is 9.18 Å². The maximum Gasteiger partial charge on any atom is 0.231 e. The zero-order valence-corrected chi connectivity index (χ0v) is 12.1. The summed E-state index contributed by atoms with van der Waals surface area (Å²) < 4.78 is 13.2. The Hall–Kier alpha value is -2.36. The van der Waals surface area contributed by atoms with Crippen molar-refractivity contribution < 1.29 is 9.18 Å². The lowest BCUT2D eigenvalue weighted by Gasteiger charge is -2.23.